The van der Waals surface area contributed by atoms with Crippen molar-refractivity contribution in [3.8, 4) is 0 Å². The molecule has 0 aliphatic carbocycles. The van der Waals surface area contributed by atoms with Crippen LogP contribution in [-0.2, 0) is 6.42 Å². The van der Waals surface area contributed by atoms with Crippen LogP contribution in [0.5, 0.6) is 0 Å². The van der Waals surface area contributed by atoms with Gasteiger partial charge in [0.2, 0.25) is 0 Å². The first-order chi connectivity index (χ1) is 22.1. The Morgan fingerprint density at radius 1 is 0.913 bits per heavy atom. The first kappa shape index (κ1) is 39.5. The molecule has 2 unspecified atom stereocenters. The number of benzene rings is 2. The standard InChI is InChI=1S/C27H42N2.C16H27N/c1-7-10-23-12-13-24(17-22(23)6)25-18-27(29(20-25)16-9-3)15-14-26(11-8-2)28-19-21(4)5;1-6-8-15(9-7-2)17(5)16-11-10-13(3)14(4)12-16/h9,12-13,17,19,25,27H,3,7-8,10-11,14-16,18,20H2,1-2,4-6H3;10-12,15H,6-9H2,1-5H3. The van der Waals surface area contributed by atoms with E-state index < -0.39 is 0 Å². The Hall–Kier alpha value is -2.65. The van der Waals surface area contributed by atoms with Crippen LogP contribution in [0, 0.1) is 20.8 Å². The highest BCUT2D eigenvalue weighted by molar-refractivity contribution is 5.85. The van der Waals surface area contributed by atoms with Gasteiger partial charge >= 0.3 is 0 Å². The molecule has 1 fully saturated rings. The molecule has 2 aromatic carbocycles. The molecular weight excluding hydrogens is 558 g/mol. The molecule has 1 aliphatic heterocycles. The fraction of sp³-hybridized carbons (Fsp3) is 0.605. The Morgan fingerprint density at radius 2 is 1.63 bits per heavy atom. The van der Waals surface area contributed by atoms with Crippen molar-refractivity contribution in [1.29, 1.82) is 0 Å². The number of aliphatic imine (C=N–C) groups is 1. The third-order valence-electron chi connectivity index (χ3n) is 9.75. The normalized spacial score (nSPS) is 16.7. The van der Waals surface area contributed by atoms with Crippen LogP contribution in [0.1, 0.15) is 139 Å². The summed E-state index contributed by atoms with van der Waals surface area (Å²) in [7, 11) is 2.24. The quantitative estimate of drug-likeness (QED) is 0.128. The lowest BCUT2D eigenvalue weighted by Crippen LogP contribution is -2.31. The summed E-state index contributed by atoms with van der Waals surface area (Å²) in [5, 5.41) is 0. The summed E-state index contributed by atoms with van der Waals surface area (Å²) in [5.74, 6) is 0.638. The molecule has 0 amide bonds. The van der Waals surface area contributed by atoms with Gasteiger partial charge in [-0.3, -0.25) is 9.89 Å². The Bertz CT molecular complexity index is 1230. The van der Waals surface area contributed by atoms with Crippen molar-refractivity contribution >= 4 is 11.4 Å². The van der Waals surface area contributed by atoms with Crippen LogP contribution >= 0.6 is 0 Å². The monoisotopic (exact) mass is 628 g/mol. The molecule has 0 N–H and O–H groups in total. The van der Waals surface area contributed by atoms with Gasteiger partial charge in [0.1, 0.15) is 0 Å². The van der Waals surface area contributed by atoms with Crippen molar-refractivity contribution in [3.05, 3.63) is 88.6 Å². The maximum absolute atomic E-state index is 4.78. The largest absolute Gasteiger partial charge is 0.372 e. The fourth-order valence-corrected chi connectivity index (χ4v) is 6.89. The van der Waals surface area contributed by atoms with Crippen LogP contribution in [0.3, 0.4) is 0 Å². The summed E-state index contributed by atoms with van der Waals surface area (Å²) >= 11 is 0. The third-order valence-corrected chi connectivity index (χ3v) is 9.75. The van der Waals surface area contributed by atoms with E-state index >= 15 is 0 Å². The number of hydrogen-bond acceptors (Lipinski definition) is 3. The van der Waals surface area contributed by atoms with Gasteiger partial charge in [-0.15, -0.1) is 6.58 Å². The molecule has 2 aromatic rings. The summed E-state index contributed by atoms with van der Waals surface area (Å²) in [6.45, 7) is 26.1. The van der Waals surface area contributed by atoms with E-state index in [1.165, 1.54) is 103 Å². The number of rotatable bonds is 17. The van der Waals surface area contributed by atoms with Crippen molar-refractivity contribution in [2.24, 2.45) is 4.99 Å². The first-order valence-corrected chi connectivity index (χ1v) is 18.5. The zero-order chi connectivity index (χ0) is 34.1. The van der Waals surface area contributed by atoms with Gasteiger partial charge in [-0.05, 0) is 125 Å². The Labute approximate surface area is 285 Å². The molecule has 0 bridgehead atoms. The van der Waals surface area contributed by atoms with Gasteiger partial charge < -0.3 is 4.90 Å². The number of aryl methyl sites for hydroxylation is 4. The fourth-order valence-electron chi connectivity index (χ4n) is 6.89. The van der Waals surface area contributed by atoms with E-state index in [9.17, 15) is 0 Å². The van der Waals surface area contributed by atoms with Gasteiger partial charge in [0.15, 0.2) is 0 Å². The smallest absolute Gasteiger partial charge is 0.0368 e. The number of likely N-dealkylation sites (tertiary alicyclic amines) is 1. The van der Waals surface area contributed by atoms with Gasteiger partial charge in [-0.1, -0.05) is 89.3 Å². The Morgan fingerprint density at radius 3 is 2.20 bits per heavy atom. The molecular formula is C43H69N3. The zero-order valence-corrected chi connectivity index (χ0v) is 31.6. The van der Waals surface area contributed by atoms with Crippen molar-refractivity contribution in [2.45, 2.75) is 151 Å². The van der Waals surface area contributed by atoms with E-state index in [4.69, 9.17) is 4.99 Å². The molecule has 0 aromatic heterocycles. The van der Waals surface area contributed by atoms with Crippen LogP contribution in [0.25, 0.3) is 0 Å². The van der Waals surface area contributed by atoms with E-state index in [1.807, 2.05) is 6.20 Å². The SMILES string of the molecule is C=CCN1CC(c2ccc(CCC)c(C)c2)CC1CCC(CCC)=NC=C(C)C.CCCC(CCC)N(C)c1ccc(C)c(C)c1. The highest BCUT2D eigenvalue weighted by atomic mass is 15.2. The Balaban J connectivity index is 0.000000368. The number of hydrogen-bond donors (Lipinski definition) is 0. The molecule has 46 heavy (non-hydrogen) atoms. The minimum absolute atomic E-state index is 0.627. The van der Waals surface area contributed by atoms with Crippen molar-refractivity contribution in [2.75, 3.05) is 25.0 Å². The minimum atomic E-state index is 0.627. The molecule has 3 heteroatoms. The summed E-state index contributed by atoms with van der Waals surface area (Å²) in [4.78, 5) is 9.87. The van der Waals surface area contributed by atoms with Crippen LogP contribution in [0.2, 0.25) is 0 Å². The van der Waals surface area contributed by atoms with Gasteiger partial charge in [0.25, 0.3) is 0 Å². The second kappa shape index (κ2) is 21.3. The molecule has 3 rings (SSSR count). The van der Waals surface area contributed by atoms with Crippen LogP contribution < -0.4 is 4.90 Å². The lowest BCUT2D eigenvalue weighted by Gasteiger charge is -2.30. The number of nitrogens with zero attached hydrogens (tertiary/aromatic N) is 3. The zero-order valence-electron chi connectivity index (χ0n) is 31.6. The molecule has 1 aliphatic rings. The third kappa shape index (κ3) is 12.9. The maximum atomic E-state index is 4.78. The lowest BCUT2D eigenvalue weighted by atomic mass is 9.91. The van der Waals surface area contributed by atoms with E-state index in [2.05, 4.69) is 128 Å². The molecule has 0 saturated carbocycles. The second-order valence-corrected chi connectivity index (χ2v) is 14.1. The van der Waals surface area contributed by atoms with E-state index in [-0.39, 0.29) is 0 Å². The Kier molecular flexibility index (Phi) is 18.3. The van der Waals surface area contributed by atoms with Crippen molar-refractivity contribution in [3.63, 3.8) is 0 Å². The molecule has 2 atom stereocenters. The maximum Gasteiger partial charge on any atom is 0.0368 e. The highest BCUT2D eigenvalue weighted by Gasteiger charge is 2.32. The van der Waals surface area contributed by atoms with Gasteiger partial charge in [0, 0.05) is 49.8 Å². The molecule has 1 heterocycles. The van der Waals surface area contributed by atoms with Crippen LogP contribution in [0.4, 0.5) is 5.69 Å². The predicted molar refractivity (Wildman–Crippen MR) is 207 cm³/mol. The molecule has 3 nitrogen and oxygen atoms in total. The molecule has 0 radical (unpaired) electrons. The summed E-state index contributed by atoms with van der Waals surface area (Å²) < 4.78 is 0. The van der Waals surface area contributed by atoms with Crippen LogP contribution in [-0.4, -0.2) is 42.8 Å². The topological polar surface area (TPSA) is 18.8 Å². The van der Waals surface area contributed by atoms with Crippen LogP contribution in [0.15, 0.2) is 65.8 Å². The van der Waals surface area contributed by atoms with Gasteiger partial charge in [-0.2, -0.15) is 0 Å². The summed E-state index contributed by atoms with van der Waals surface area (Å²) in [6.07, 6.45) is 17.4. The van der Waals surface area contributed by atoms with E-state index in [0.717, 1.165) is 25.9 Å². The lowest BCUT2D eigenvalue weighted by molar-refractivity contribution is 0.270. The predicted octanol–water partition coefficient (Wildman–Crippen LogP) is 11.9. The average Bonchev–Trinajstić information content (AvgIpc) is 3.43. The highest BCUT2D eigenvalue weighted by Crippen LogP contribution is 2.35. The molecule has 1 saturated heterocycles. The molecule has 0 spiro atoms. The van der Waals surface area contributed by atoms with E-state index in [1.54, 1.807) is 0 Å². The van der Waals surface area contributed by atoms with Gasteiger partial charge in [0.05, 0.1) is 0 Å². The summed E-state index contributed by atoms with van der Waals surface area (Å²) in [6, 6.07) is 15.3. The van der Waals surface area contributed by atoms with E-state index in [0.29, 0.717) is 18.0 Å². The number of allylic oxidation sites excluding steroid dienone is 1. The molecule has 256 valence electrons. The minimum Gasteiger partial charge on any atom is -0.372 e. The average molecular weight is 628 g/mol. The van der Waals surface area contributed by atoms with Gasteiger partial charge in [-0.25, -0.2) is 0 Å². The van der Waals surface area contributed by atoms with Crippen molar-refractivity contribution in [1.82, 2.24) is 4.90 Å². The first-order valence-electron chi connectivity index (χ1n) is 18.5. The summed E-state index contributed by atoms with van der Waals surface area (Å²) in [5.41, 5.74) is 11.2. The van der Waals surface area contributed by atoms with Crippen molar-refractivity contribution < 1.29 is 0 Å². The second-order valence-electron chi connectivity index (χ2n) is 14.1. The number of anilines is 1.